The Hall–Kier alpha value is -2.09. The van der Waals surface area contributed by atoms with Gasteiger partial charge in [-0.25, -0.2) is 9.50 Å². The molecule has 0 bridgehead atoms. The van der Waals surface area contributed by atoms with Crippen molar-refractivity contribution in [3.8, 4) is 16.9 Å². The van der Waals surface area contributed by atoms with Gasteiger partial charge in [-0.1, -0.05) is 18.2 Å². The molecule has 2 aromatic heterocycles. The number of halogens is 4. The molecular formula is C13H7BrF3N3O. The smallest absolute Gasteiger partial charge is 0.405 e. The summed E-state index contributed by atoms with van der Waals surface area (Å²) < 4.78 is 43.4. The van der Waals surface area contributed by atoms with Crippen LogP contribution < -0.4 is 4.74 Å². The molecule has 0 saturated heterocycles. The van der Waals surface area contributed by atoms with Gasteiger partial charge in [0.2, 0.25) is 4.73 Å². The molecule has 0 amide bonds. The van der Waals surface area contributed by atoms with E-state index in [1.54, 1.807) is 30.5 Å². The van der Waals surface area contributed by atoms with Crippen molar-refractivity contribution in [1.29, 1.82) is 0 Å². The molecule has 2 heterocycles. The van der Waals surface area contributed by atoms with Crippen LogP contribution >= 0.6 is 15.9 Å². The molecule has 0 radical (unpaired) electrons. The average molecular weight is 358 g/mol. The molecule has 1 aromatic carbocycles. The third-order valence-corrected chi connectivity index (χ3v) is 3.08. The molecular weight excluding hydrogens is 351 g/mol. The predicted molar refractivity (Wildman–Crippen MR) is 72.8 cm³/mol. The first-order chi connectivity index (χ1) is 9.94. The lowest BCUT2D eigenvalue weighted by molar-refractivity contribution is -0.274. The first-order valence-corrected chi connectivity index (χ1v) is 6.59. The lowest BCUT2D eigenvalue weighted by Crippen LogP contribution is -2.17. The predicted octanol–water partition coefficient (Wildman–Crippen LogP) is 4.06. The lowest BCUT2D eigenvalue weighted by atomic mass is 10.1. The highest BCUT2D eigenvalue weighted by Gasteiger charge is 2.32. The Morgan fingerprint density at radius 2 is 1.76 bits per heavy atom. The highest BCUT2D eigenvalue weighted by atomic mass is 79.9. The Morgan fingerprint density at radius 1 is 1.05 bits per heavy atom. The maximum Gasteiger partial charge on any atom is 0.573 e. The lowest BCUT2D eigenvalue weighted by Gasteiger charge is -2.13. The van der Waals surface area contributed by atoms with Crippen LogP contribution in [0.1, 0.15) is 0 Å². The number of ether oxygens (including phenoxy) is 1. The molecule has 4 nitrogen and oxygen atoms in total. The molecule has 0 spiro atoms. The van der Waals surface area contributed by atoms with E-state index in [0.29, 0.717) is 21.5 Å². The topological polar surface area (TPSA) is 39.4 Å². The second kappa shape index (κ2) is 5.03. The zero-order valence-electron chi connectivity index (χ0n) is 10.3. The number of benzene rings is 1. The molecule has 3 rings (SSSR count). The van der Waals surface area contributed by atoms with E-state index in [4.69, 9.17) is 0 Å². The molecule has 0 aliphatic heterocycles. The largest absolute Gasteiger partial charge is 0.573 e. The van der Waals surface area contributed by atoms with E-state index >= 15 is 0 Å². The van der Waals surface area contributed by atoms with Crippen molar-refractivity contribution in [3.05, 3.63) is 47.3 Å². The molecule has 0 unspecified atom stereocenters. The van der Waals surface area contributed by atoms with E-state index in [2.05, 4.69) is 30.7 Å². The molecule has 0 atom stereocenters. The summed E-state index contributed by atoms with van der Waals surface area (Å²) in [6.07, 6.45) is -3.10. The summed E-state index contributed by atoms with van der Waals surface area (Å²) in [5.41, 5.74) is 1.22. The van der Waals surface area contributed by atoms with Crippen LogP contribution in [0.3, 0.4) is 0 Å². The van der Waals surface area contributed by atoms with Crippen LogP contribution in [0.2, 0.25) is 0 Å². The standard InChI is InChI=1S/C13H7BrF3N3O/c14-12-18-11-9(5-3-7-20(11)19-12)8-4-1-2-6-10(8)21-13(15,16)17/h1-7H. The molecule has 0 aliphatic rings. The van der Waals surface area contributed by atoms with Gasteiger partial charge in [0.05, 0.1) is 0 Å². The number of aromatic nitrogens is 3. The SMILES string of the molecule is FC(F)(F)Oc1ccccc1-c1cccn2nc(Br)nc12. The van der Waals surface area contributed by atoms with E-state index < -0.39 is 6.36 Å². The zero-order chi connectivity index (χ0) is 15.0. The quantitative estimate of drug-likeness (QED) is 0.694. The molecule has 8 heteroatoms. The first kappa shape index (κ1) is 13.9. The fraction of sp³-hybridized carbons (Fsp3) is 0.0769. The van der Waals surface area contributed by atoms with E-state index in [9.17, 15) is 13.2 Å². The van der Waals surface area contributed by atoms with E-state index in [0.717, 1.165) is 0 Å². The average Bonchev–Trinajstić information content (AvgIpc) is 2.77. The van der Waals surface area contributed by atoms with Gasteiger partial charge in [0, 0.05) is 17.3 Å². The van der Waals surface area contributed by atoms with Crippen LogP contribution in [0.15, 0.2) is 47.3 Å². The zero-order valence-corrected chi connectivity index (χ0v) is 11.9. The molecule has 0 fully saturated rings. The fourth-order valence-electron chi connectivity index (χ4n) is 1.99. The first-order valence-electron chi connectivity index (χ1n) is 5.80. The molecule has 0 saturated carbocycles. The van der Waals surface area contributed by atoms with E-state index in [1.165, 1.54) is 16.6 Å². The van der Waals surface area contributed by atoms with Crippen molar-refractivity contribution in [2.24, 2.45) is 0 Å². The Morgan fingerprint density at radius 3 is 2.52 bits per heavy atom. The van der Waals surface area contributed by atoms with Crippen LogP contribution in [0.5, 0.6) is 5.75 Å². The number of para-hydroxylation sites is 1. The minimum Gasteiger partial charge on any atom is -0.405 e. The van der Waals surface area contributed by atoms with Gasteiger partial charge in [-0.05, 0) is 34.1 Å². The van der Waals surface area contributed by atoms with Crippen LogP contribution in [0, 0.1) is 0 Å². The summed E-state index contributed by atoms with van der Waals surface area (Å²) in [4.78, 5) is 4.16. The second-order valence-corrected chi connectivity index (χ2v) is 4.82. The summed E-state index contributed by atoms with van der Waals surface area (Å²) >= 11 is 3.14. The Bertz CT molecular complexity index is 801. The van der Waals surface area contributed by atoms with Gasteiger partial charge < -0.3 is 4.74 Å². The van der Waals surface area contributed by atoms with Crippen LogP contribution in [0.25, 0.3) is 16.8 Å². The summed E-state index contributed by atoms with van der Waals surface area (Å²) in [7, 11) is 0. The van der Waals surface area contributed by atoms with Crippen LogP contribution in [-0.2, 0) is 0 Å². The maximum absolute atomic E-state index is 12.5. The minimum absolute atomic E-state index is 0.280. The Labute approximate surface area is 125 Å². The molecule has 0 N–H and O–H groups in total. The molecule has 108 valence electrons. The normalized spacial score (nSPS) is 11.8. The summed E-state index contributed by atoms with van der Waals surface area (Å²) in [5.74, 6) is -0.280. The molecule has 0 aliphatic carbocycles. The van der Waals surface area contributed by atoms with Crippen LogP contribution in [-0.4, -0.2) is 21.0 Å². The van der Waals surface area contributed by atoms with Crippen molar-refractivity contribution < 1.29 is 17.9 Å². The van der Waals surface area contributed by atoms with Gasteiger partial charge in [-0.2, -0.15) is 0 Å². The van der Waals surface area contributed by atoms with Gasteiger partial charge in [0.15, 0.2) is 5.65 Å². The number of hydrogen-bond acceptors (Lipinski definition) is 3. The maximum atomic E-state index is 12.5. The van der Waals surface area contributed by atoms with Crippen molar-refractivity contribution in [2.75, 3.05) is 0 Å². The van der Waals surface area contributed by atoms with Gasteiger partial charge in [-0.15, -0.1) is 18.3 Å². The minimum atomic E-state index is -4.75. The summed E-state index contributed by atoms with van der Waals surface area (Å²) in [6.45, 7) is 0. The number of hydrogen-bond donors (Lipinski definition) is 0. The van der Waals surface area contributed by atoms with Gasteiger partial charge in [-0.3, -0.25) is 0 Å². The molecule has 21 heavy (non-hydrogen) atoms. The van der Waals surface area contributed by atoms with Gasteiger partial charge >= 0.3 is 6.36 Å². The van der Waals surface area contributed by atoms with Crippen LogP contribution in [0.4, 0.5) is 13.2 Å². The Kier molecular flexibility index (Phi) is 3.32. The summed E-state index contributed by atoms with van der Waals surface area (Å²) in [5, 5.41) is 4.06. The summed E-state index contributed by atoms with van der Waals surface area (Å²) in [6, 6.07) is 9.25. The van der Waals surface area contributed by atoms with Crippen molar-refractivity contribution >= 4 is 21.6 Å². The third kappa shape index (κ3) is 2.85. The highest BCUT2D eigenvalue weighted by Crippen LogP contribution is 2.35. The molecule has 3 aromatic rings. The highest BCUT2D eigenvalue weighted by molar-refractivity contribution is 9.10. The van der Waals surface area contributed by atoms with Crippen molar-refractivity contribution in [3.63, 3.8) is 0 Å². The fourth-order valence-corrected chi connectivity index (χ4v) is 2.33. The van der Waals surface area contributed by atoms with Crippen molar-refractivity contribution in [1.82, 2.24) is 14.6 Å². The van der Waals surface area contributed by atoms with E-state index in [-0.39, 0.29) is 5.75 Å². The number of pyridine rings is 1. The Balaban J connectivity index is 2.19. The van der Waals surface area contributed by atoms with Crippen molar-refractivity contribution in [2.45, 2.75) is 6.36 Å². The second-order valence-electron chi connectivity index (χ2n) is 4.11. The monoisotopic (exact) mass is 357 g/mol. The third-order valence-electron chi connectivity index (χ3n) is 2.74. The number of alkyl halides is 3. The van der Waals surface area contributed by atoms with Gasteiger partial charge in [0.25, 0.3) is 0 Å². The van der Waals surface area contributed by atoms with Gasteiger partial charge in [0.1, 0.15) is 5.75 Å². The van der Waals surface area contributed by atoms with E-state index in [1.807, 2.05) is 0 Å². The number of nitrogens with zero attached hydrogens (tertiary/aromatic N) is 3. The number of rotatable bonds is 2. The number of fused-ring (bicyclic) bond motifs is 1.